The SMILES string of the molecule is Cc1cc(NC(=O)c2ccn(COc3cccc(C(F)(F)F)c3)n2)nn1Cc1ccccc1Cl. The average molecular weight is 490 g/mol. The molecular formula is C23H19ClF3N5O2. The van der Waals surface area contributed by atoms with Crippen molar-refractivity contribution in [2.75, 3.05) is 5.32 Å². The van der Waals surface area contributed by atoms with Crippen LogP contribution in [0.4, 0.5) is 19.0 Å². The quantitative estimate of drug-likeness (QED) is 0.377. The number of aryl methyl sites for hydroxylation is 1. The fraction of sp³-hybridized carbons (Fsp3) is 0.174. The van der Waals surface area contributed by atoms with E-state index in [1.807, 2.05) is 25.1 Å². The van der Waals surface area contributed by atoms with Crippen LogP contribution in [0, 0.1) is 6.92 Å². The van der Waals surface area contributed by atoms with E-state index in [1.54, 1.807) is 16.8 Å². The summed E-state index contributed by atoms with van der Waals surface area (Å²) in [6.07, 6.45) is -2.97. The van der Waals surface area contributed by atoms with Crippen LogP contribution in [0.15, 0.2) is 66.9 Å². The number of nitrogens with zero attached hydrogens (tertiary/aromatic N) is 4. The predicted molar refractivity (Wildman–Crippen MR) is 120 cm³/mol. The van der Waals surface area contributed by atoms with Gasteiger partial charge in [0.1, 0.15) is 5.75 Å². The maximum absolute atomic E-state index is 12.8. The van der Waals surface area contributed by atoms with E-state index >= 15 is 0 Å². The van der Waals surface area contributed by atoms with E-state index in [9.17, 15) is 18.0 Å². The zero-order valence-corrected chi connectivity index (χ0v) is 18.6. The summed E-state index contributed by atoms with van der Waals surface area (Å²) in [6.45, 7) is 2.14. The highest BCUT2D eigenvalue weighted by molar-refractivity contribution is 6.31. The summed E-state index contributed by atoms with van der Waals surface area (Å²) in [7, 11) is 0. The van der Waals surface area contributed by atoms with Crippen LogP contribution in [-0.2, 0) is 19.5 Å². The largest absolute Gasteiger partial charge is 0.471 e. The summed E-state index contributed by atoms with van der Waals surface area (Å²) >= 11 is 6.21. The van der Waals surface area contributed by atoms with Gasteiger partial charge in [0.05, 0.1) is 12.1 Å². The number of hydrogen-bond donors (Lipinski definition) is 1. The smallest absolute Gasteiger partial charge is 0.416 e. The molecule has 1 N–H and O–H groups in total. The van der Waals surface area contributed by atoms with E-state index in [1.165, 1.54) is 29.1 Å². The second kappa shape index (κ2) is 9.60. The molecule has 2 aromatic carbocycles. The zero-order valence-electron chi connectivity index (χ0n) is 17.9. The topological polar surface area (TPSA) is 74.0 Å². The van der Waals surface area contributed by atoms with Crippen LogP contribution < -0.4 is 10.1 Å². The van der Waals surface area contributed by atoms with Crippen molar-refractivity contribution in [1.82, 2.24) is 19.6 Å². The van der Waals surface area contributed by atoms with Gasteiger partial charge >= 0.3 is 6.18 Å². The minimum atomic E-state index is -4.46. The van der Waals surface area contributed by atoms with Gasteiger partial charge in [-0.1, -0.05) is 35.9 Å². The standard InChI is InChI=1S/C23H19ClF3N5O2/c1-15-11-21(30-32(15)13-16-5-2-3-8-19(16)24)28-22(33)20-9-10-31(29-20)14-34-18-7-4-6-17(12-18)23(25,26)27/h2-12H,13-14H2,1H3,(H,28,30,33). The van der Waals surface area contributed by atoms with Gasteiger partial charge in [0, 0.05) is 23.0 Å². The normalized spacial score (nSPS) is 11.4. The first kappa shape index (κ1) is 23.4. The number of ether oxygens (including phenoxy) is 1. The molecule has 34 heavy (non-hydrogen) atoms. The highest BCUT2D eigenvalue weighted by Gasteiger charge is 2.30. The number of halogens is 4. The number of nitrogens with one attached hydrogen (secondary N) is 1. The molecule has 176 valence electrons. The Bertz CT molecular complexity index is 1320. The predicted octanol–water partition coefficient (Wildman–Crippen LogP) is 5.40. The highest BCUT2D eigenvalue weighted by atomic mass is 35.5. The minimum Gasteiger partial charge on any atom is -0.471 e. The number of aromatic nitrogens is 4. The Kier molecular flexibility index (Phi) is 6.60. The van der Waals surface area contributed by atoms with Crippen molar-refractivity contribution in [3.63, 3.8) is 0 Å². The molecule has 0 aliphatic carbocycles. The Morgan fingerprint density at radius 3 is 2.65 bits per heavy atom. The first-order chi connectivity index (χ1) is 16.2. The number of carbonyl (C=O) groups excluding carboxylic acids is 1. The average Bonchev–Trinajstić information content (AvgIpc) is 3.40. The Hall–Kier alpha value is -3.79. The van der Waals surface area contributed by atoms with Gasteiger partial charge in [-0.25, -0.2) is 4.68 Å². The van der Waals surface area contributed by atoms with E-state index in [0.29, 0.717) is 17.4 Å². The molecule has 0 fully saturated rings. The van der Waals surface area contributed by atoms with Crippen molar-refractivity contribution in [1.29, 1.82) is 0 Å². The molecule has 0 aliphatic rings. The number of alkyl halides is 3. The molecule has 4 rings (SSSR count). The number of hydrogen-bond acceptors (Lipinski definition) is 4. The van der Waals surface area contributed by atoms with Gasteiger partial charge in [0.15, 0.2) is 18.2 Å². The van der Waals surface area contributed by atoms with E-state index in [2.05, 4.69) is 15.5 Å². The lowest BCUT2D eigenvalue weighted by atomic mass is 10.2. The minimum absolute atomic E-state index is 0.0378. The van der Waals surface area contributed by atoms with Crippen molar-refractivity contribution in [2.45, 2.75) is 26.4 Å². The molecule has 0 atom stereocenters. The van der Waals surface area contributed by atoms with Gasteiger partial charge in [0.25, 0.3) is 5.91 Å². The first-order valence-electron chi connectivity index (χ1n) is 10.1. The summed E-state index contributed by atoms with van der Waals surface area (Å²) in [5, 5.41) is 11.8. The zero-order chi connectivity index (χ0) is 24.3. The molecule has 4 aromatic rings. The van der Waals surface area contributed by atoms with E-state index < -0.39 is 17.6 Å². The lowest BCUT2D eigenvalue weighted by Crippen LogP contribution is -2.15. The second-order valence-electron chi connectivity index (χ2n) is 7.41. The molecule has 0 saturated carbocycles. The highest BCUT2D eigenvalue weighted by Crippen LogP contribution is 2.31. The number of carbonyl (C=O) groups is 1. The third-order valence-corrected chi connectivity index (χ3v) is 5.27. The van der Waals surface area contributed by atoms with Gasteiger partial charge in [0.2, 0.25) is 0 Å². The van der Waals surface area contributed by atoms with Gasteiger partial charge in [-0.2, -0.15) is 23.4 Å². The molecule has 2 heterocycles. The third kappa shape index (κ3) is 5.57. The Morgan fingerprint density at radius 1 is 1.09 bits per heavy atom. The Morgan fingerprint density at radius 2 is 1.88 bits per heavy atom. The Labute approximate surface area is 197 Å². The molecule has 0 unspecified atom stereocenters. The molecule has 0 saturated heterocycles. The lowest BCUT2D eigenvalue weighted by molar-refractivity contribution is -0.137. The van der Waals surface area contributed by atoms with Crippen LogP contribution in [-0.4, -0.2) is 25.5 Å². The molecule has 2 aromatic heterocycles. The fourth-order valence-electron chi connectivity index (χ4n) is 3.16. The number of amides is 1. The summed E-state index contributed by atoms with van der Waals surface area (Å²) < 4.78 is 46.9. The summed E-state index contributed by atoms with van der Waals surface area (Å²) in [4.78, 5) is 12.6. The number of anilines is 1. The van der Waals surface area contributed by atoms with E-state index in [0.717, 1.165) is 23.4 Å². The van der Waals surface area contributed by atoms with E-state index in [4.69, 9.17) is 16.3 Å². The second-order valence-corrected chi connectivity index (χ2v) is 7.82. The number of benzene rings is 2. The van der Waals surface area contributed by atoms with Crippen molar-refractivity contribution >= 4 is 23.3 Å². The van der Waals surface area contributed by atoms with Crippen molar-refractivity contribution < 1.29 is 22.7 Å². The molecule has 7 nitrogen and oxygen atoms in total. The molecular weight excluding hydrogens is 471 g/mol. The van der Waals surface area contributed by atoms with Crippen LogP contribution >= 0.6 is 11.6 Å². The lowest BCUT2D eigenvalue weighted by Gasteiger charge is -2.10. The fourth-order valence-corrected chi connectivity index (χ4v) is 3.35. The number of rotatable bonds is 7. The van der Waals surface area contributed by atoms with Crippen molar-refractivity contribution in [3.05, 3.63) is 94.4 Å². The monoisotopic (exact) mass is 489 g/mol. The van der Waals surface area contributed by atoms with Crippen LogP contribution in [0.1, 0.15) is 27.3 Å². The Balaban J connectivity index is 1.37. The van der Waals surface area contributed by atoms with E-state index in [-0.39, 0.29) is 18.2 Å². The first-order valence-corrected chi connectivity index (χ1v) is 10.5. The molecule has 0 spiro atoms. The van der Waals surface area contributed by atoms with Gasteiger partial charge in [-0.3, -0.25) is 9.48 Å². The molecule has 0 radical (unpaired) electrons. The van der Waals surface area contributed by atoms with Crippen LogP contribution in [0.5, 0.6) is 5.75 Å². The van der Waals surface area contributed by atoms with Gasteiger partial charge in [-0.05, 0) is 42.8 Å². The maximum atomic E-state index is 12.8. The molecule has 11 heteroatoms. The van der Waals surface area contributed by atoms with Gasteiger partial charge in [-0.15, -0.1) is 0 Å². The maximum Gasteiger partial charge on any atom is 0.416 e. The summed E-state index contributed by atoms with van der Waals surface area (Å²) in [6, 6.07) is 15.1. The van der Waals surface area contributed by atoms with Crippen LogP contribution in [0.3, 0.4) is 0 Å². The molecule has 1 amide bonds. The van der Waals surface area contributed by atoms with Crippen molar-refractivity contribution in [2.24, 2.45) is 0 Å². The van der Waals surface area contributed by atoms with Crippen LogP contribution in [0.2, 0.25) is 5.02 Å². The summed E-state index contributed by atoms with van der Waals surface area (Å²) in [5.74, 6) is -0.0969. The summed E-state index contributed by atoms with van der Waals surface area (Å²) in [5.41, 5.74) is 1.02. The molecule has 0 aliphatic heterocycles. The molecule has 0 bridgehead atoms. The third-order valence-electron chi connectivity index (χ3n) is 4.90. The van der Waals surface area contributed by atoms with Crippen LogP contribution in [0.25, 0.3) is 0 Å². The van der Waals surface area contributed by atoms with Gasteiger partial charge < -0.3 is 10.1 Å². The van der Waals surface area contributed by atoms with Crippen molar-refractivity contribution in [3.8, 4) is 5.75 Å².